The van der Waals surface area contributed by atoms with E-state index in [-0.39, 0.29) is 29.7 Å². The van der Waals surface area contributed by atoms with E-state index in [1.54, 1.807) is 13.8 Å². The number of hydrogen-bond donors (Lipinski definition) is 3. The zero-order valence-electron chi connectivity index (χ0n) is 19.9. The van der Waals surface area contributed by atoms with Gasteiger partial charge in [-0.1, -0.05) is 32.8 Å². The molecule has 194 valence electrons. The monoisotopic (exact) mass is 488 g/mol. The van der Waals surface area contributed by atoms with Crippen LogP contribution < -0.4 is 0 Å². The number of fused-ring (bicyclic) bond motifs is 1. The number of hydrogen-bond acceptors (Lipinski definition) is 3. The molecule has 2 aliphatic rings. The van der Waals surface area contributed by atoms with Gasteiger partial charge in [0, 0.05) is 0 Å². The molecule has 0 aromatic heterocycles. The summed E-state index contributed by atoms with van der Waals surface area (Å²) in [4.78, 5) is 0. The summed E-state index contributed by atoms with van der Waals surface area (Å²) in [5.74, 6) is 0.0393. The van der Waals surface area contributed by atoms with Crippen LogP contribution >= 0.6 is 0 Å². The third-order valence-corrected chi connectivity index (χ3v) is 8.27. The summed E-state index contributed by atoms with van der Waals surface area (Å²) in [6.07, 6.45) is -6.29. The predicted molar refractivity (Wildman–Crippen MR) is 113 cm³/mol. The van der Waals surface area contributed by atoms with Crippen LogP contribution in [0.5, 0.6) is 0 Å². The average Bonchev–Trinajstić information content (AvgIpc) is 2.97. The van der Waals surface area contributed by atoms with Crippen LogP contribution in [0, 0.1) is 22.7 Å². The second-order valence-electron chi connectivity index (χ2n) is 11.4. The maximum Gasteiger partial charge on any atom is 0.429 e. The Hall–Kier alpha value is -0.800. The van der Waals surface area contributed by atoms with Gasteiger partial charge in [0.05, 0.1) is 11.7 Å². The van der Waals surface area contributed by atoms with Crippen LogP contribution in [0.15, 0.2) is 12.2 Å². The maximum absolute atomic E-state index is 13.1. The average molecular weight is 489 g/mol. The minimum Gasteiger partial charge on any atom is -0.393 e. The second-order valence-corrected chi connectivity index (χ2v) is 11.4. The summed E-state index contributed by atoms with van der Waals surface area (Å²) in [6, 6.07) is 0. The molecule has 0 spiro atoms. The number of allylic oxidation sites excluding steroid dienone is 1. The lowest BCUT2D eigenvalue weighted by molar-refractivity contribution is -0.347. The summed E-state index contributed by atoms with van der Waals surface area (Å²) >= 11 is 0. The number of aliphatic hydroxyl groups is 3. The van der Waals surface area contributed by atoms with Gasteiger partial charge in [0.25, 0.3) is 5.60 Å². The summed E-state index contributed by atoms with van der Waals surface area (Å²) in [5, 5.41) is 30.1. The van der Waals surface area contributed by atoms with Crippen molar-refractivity contribution in [2.75, 3.05) is 0 Å². The van der Waals surface area contributed by atoms with Crippen molar-refractivity contribution in [3.63, 3.8) is 0 Å². The van der Waals surface area contributed by atoms with E-state index in [0.717, 1.165) is 31.8 Å². The predicted octanol–water partition coefficient (Wildman–Crippen LogP) is 6.31. The normalized spacial score (nSPS) is 31.6. The van der Waals surface area contributed by atoms with E-state index in [1.165, 1.54) is 0 Å². The highest BCUT2D eigenvalue weighted by molar-refractivity contribution is 5.13. The fraction of sp³-hybridized carbons (Fsp3) is 0.917. The number of aliphatic hydroxyl groups excluding tert-OH is 1. The van der Waals surface area contributed by atoms with E-state index in [4.69, 9.17) is 0 Å². The smallest absolute Gasteiger partial charge is 0.393 e. The number of rotatable bonds is 8. The van der Waals surface area contributed by atoms with Gasteiger partial charge in [0.15, 0.2) is 0 Å². The Balaban J connectivity index is 2.35. The van der Waals surface area contributed by atoms with Crippen molar-refractivity contribution in [3.05, 3.63) is 12.2 Å². The van der Waals surface area contributed by atoms with E-state index in [9.17, 15) is 41.7 Å². The maximum atomic E-state index is 13.1. The van der Waals surface area contributed by atoms with Crippen molar-refractivity contribution in [3.8, 4) is 0 Å². The van der Waals surface area contributed by atoms with Gasteiger partial charge >= 0.3 is 12.4 Å². The third-order valence-electron chi connectivity index (χ3n) is 8.27. The van der Waals surface area contributed by atoms with Crippen molar-refractivity contribution in [2.24, 2.45) is 22.7 Å². The first kappa shape index (κ1) is 28.4. The lowest BCUT2D eigenvalue weighted by Crippen LogP contribution is -2.55. The molecule has 3 N–H and O–H groups in total. The van der Waals surface area contributed by atoms with Crippen molar-refractivity contribution >= 4 is 0 Å². The van der Waals surface area contributed by atoms with E-state index in [1.807, 2.05) is 6.92 Å². The summed E-state index contributed by atoms with van der Waals surface area (Å²) in [5.41, 5.74) is -6.76. The molecule has 0 saturated heterocycles. The van der Waals surface area contributed by atoms with E-state index >= 15 is 0 Å². The van der Waals surface area contributed by atoms with Crippen LogP contribution in [0.25, 0.3) is 0 Å². The molecule has 0 radical (unpaired) electrons. The Morgan fingerprint density at radius 2 is 1.48 bits per heavy atom. The van der Waals surface area contributed by atoms with Crippen LogP contribution in [-0.2, 0) is 0 Å². The molecule has 0 aromatic rings. The van der Waals surface area contributed by atoms with Gasteiger partial charge in [0.2, 0.25) is 0 Å². The SMILES string of the molecule is CC(C)(O)CCC[C@@](C)(C/C=C/C(O)(C(F)(F)F)C(F)(F)F)[C@H]1CC[C@H]2[C@@H](O)CCC[C@]12C. The molecule has 2 fully saturated rings. The van der Waals surface area contributed by atoms with E-state index in [2.05, 4.69) is 6.92 Å². The van der Waals surface area contributed by atoms with Gasteiger partial charge in [-0.05, 0) is 87.5 Å². The minimum atomic E-state index is -5.89. The third kappa shape index (κ3) is 5.89. The highest BCUT2D eigenvalue weighted by atomic mass is 19.4. The molecule has 0 heterocycles. The van der Waals surface area contributed by atoms with Crippen molar-refractivity contribution in [1.82, 2.24) is 0 Å². The molecule has 33 heavy (non-hydrogen) atoms. The Kier molecular flexibility index (Phi) is 8.05. The zero-order chi connectivity index (χ0) is 25.5. The van der Waals surface area contributed by atoms with Crippen molar-refractivity contribution in [2.45, 2.75) is 115 Å². The Bertz CT molecular complexity index is 682. The molecule has 2 rings (SSSR count). The van der Waals surface area contributed by atoms with Gasteiger partial charge < -0.3 is 15.3 Å². The first-order valence-electron chi connectivity index (χ1n) is 11.7. The van der Waals surface area contributed by atoms with Crippen LogP contribution in [0.1, 0.15) is 85.5 Å². The molecule has 3 nitrogen and oxygen atoms in total. The van der Waals surface area contributed by atoms with E-state index < -0.39 is 35.1 Å². The molecule has 0 aromatic carbocycles. The molecular weight excluding hydrogens is 450 g/mol. The highest BCUT2D eigenvalue weighted by Gasteiger charge is 2.69. The van der Waals surface area contributed by atoms with Crippen LogP contribution in [0.4, 0.5) is 26.3 Å². The van der Waals surface area contributed by atoms with Gasteiger partial charge in [-0.3, -0.25) is 0 Å². The highest BCUT2D eigenvalue weighted by Crippen LogP contribution is 2.62. The van der Waals surface area contributed by atoms with Gasteiger partial charge in [-0.15, -0.1) is 0 Å². The molecule has 5 atom stereocenters. The van der Waals surface area contributed by atoms with Gasteiger partial charge in [0.1, 0.15) is 0 Å². The fourth-order valence-corrected chi connectivity index (χ4v) is 6.49. The van der Waals surface area contributed by atoms with Crippen molar-refractivity contribution < 1.29 is 41.7 Å². The van der Waals surface area contributed by atoms with Crippen LogP contribution in [0.3, 0.4) is 0 Å². The number of alkyl halides is 6. The molecule has 2 saturated carbocycles. The Morgan fingerprint density at radius 3 is 2.00 bits per heavy atom. The molecule has 0 aliphatic heterocycles. The first-order chi connectivity index (χ1) is 14.8. The molecular formula is C24H38F6O3. The minimum absolute atomic E-state index is 0.0127. The molecule has 0 unspecified atom stereocenters. The summed E-state index contributed by atoms with van der Waals surface area (Å²) in [7, 11) is 0. The summed E-state index contributed by atoms with van der Waals surface area (Å²) in [6.45, 7) is 7.27. The Labute approximate surface area is 192 Å². The van der Waals surface area contributed by atoms with Crippen LogP contribution in [-0.4, -0.2) is 45.0 Å². The fourth-order valence-electron chi connectivity index (χ4n) is 6.49. The molecule has 9 heteroatoms. The molecule has 2 aliphatic carbocycles. The van der Waals surface area contributed by atoms with Crippen LogP contribution in [0.2, 0.25) is 0 Å². The standard InChI is InChI=1S/C24H38F6O3/c1-19(2,32)11-6-12-20(3,13-7-15-22(33,23(25,26)27)24(28,29)30)18-10-9-16-17(31)8-5-14-21(16,18)4/h7,15-18,31-33H,5-6,8-14H2,1-4H3/b15-7+/t16-,17-,18+,20-,21-/m0/s1. The van der Waals surface area contributed by atoms with Gasteiger partial charge in [-0.2, -0.15) is 26.3 Å². The lowest BCUT2D eigenvalue weighted by Gasteiger charge is -2.50. The van der Waals surface area contributed by atoms with Gasteiger partial charge in [-0.25, -0.2) is 0 Å². The van der Waals surface area contributed by atoms with Crippen molar-refractivity contribution in [1.29, 1.82) is 0 Å². The lowest BCUT2D eigenvalue weighted by atomic mass is 9.56. The van der Waals surface area contributed by atoms with E-state index in [0.29, 0.717) is 25.7 Å². The zero-order valence-corrected chi connectivity index (χ0v) is 19.9. The number of halogens is 6. The topological polar surface area (TPSA) is 60.7 Å². The molecule has 0 bridgehead atoms. The quantitative estimate of drug-likeness (QED) is 0.277. The molecule has 0 amide bonds. The second kappa shape index (κ2) is 9.34. The summed E-state index contributed by atoms with van der Waals surface area (Å²) < 4.78 is 78.6. The Morgan fingerprint density at radius 1 is 0.909 bits per heavy atom. The first-order valence-corrected chi connectivity index (χ1v) is 11.7. The largest absolute Gasteiger partial charge is 0.429 e.